The summed E-state index contributed by atoms with van der Waals surface area (Å²) < 4.78 is 4.65. The molecule has 0 aromatic carbocycles. The lowest BCUT2D eigenvalue weighted by Crippen LogP contribution is -2.01. The van der Waals surface area contributed by atoms with Crippen LogP contribution in [0.25, 0.3) is 0 Å². The van der Waals surface area contributed by atoms with Crippen molar-refractivity contribution in [2.45, 2.75) is 6.54 Å². The van der Waals surface area contributed by atoms with Crippen molar-refractivity contribution in [3.05, 3.63) is 33.3 Å². The van der Waals surface area contributed by atoms with Gasteiger partial charge in [-0.2, -0.15) is 0 Å². The van der Waals surface area contributed by atoms with Crippen LogP contribution in [0.4, 0.5) is 10.7 Å². The standard InChI is InChI=1S/C11H12N2O2S2/c1-15-11(14)10-8(12)5-9(17-10)13-6-7-3-2-4-16-7/h2-5,13H,6,12H2,1H3. The second kappa shape index (κ2) is 5.20. The Labute approximate surface area is 107 Å². The van der Waals surface area contributed by atoms with Gasteiger partial charge < -0.3 is 15.8 Å². The van der Waals surface area contributed by atoms with Crippen LogP contribution < -0.4 is 11.1 Å². The maximum absolute atomic E-state index is 11.4. The third kappa shape index (κ3) is 2.78. The van der Waals surface area contributed by atoms with Crippen molar-refractivity contribution in [1.82, 2.24) is 0 Å². The second-order valence-corrected chi connectivity index (χ2v) is 5.40. The van der Waals surface area contributed by atoms with E-state index in [4.69, 9.17) is 5.73 Å². The van der Waals surface area contributed by atoms with Crippen LogP contribution in [0.2, 0.25) is 0 Å². The first kappa shape index (κ1) is 11.9. The molecule has 0 unspecified atom stereocenters. The molecule has 0 atom stereocenters. The van der Waals surface area contributed by atoms with Gasteiger partial charge in [0.05, 0.1) is 24.3 Å². The number of carbonyl (C=O) groups is 1. The van der Waals surface area contributed by atoms with Crippen molar-refractivity contribution in [2.24, 2.45) is 0 Å². The lowest BCUT2D eigenvalue weighted by atomic mass is 10.4. The van der Waals surface area contributed by atoms with Gasteiger partial charge in [0, 0.05) is 4.88 Å². The molecule has 0 aliphatic heterocycles. The zero-order valence-electron chi connectivity index (χ0n) is 9.23. The Morgan fingerprint density at radius 1 is 1.59 bits per heavy atom. The first-order valence-corrected chi connectivity index (χ1v) is 6.64. The number of nitrogens with one attached hydrogen (secondary N) is 1. The molecule has 0 fully saturated rings. The van der Waals surface area contributed by atoms with E-state index in [1.807, 2.05) is 11.4 Å². The first-order chi connectivity index (χ1) is 8.20. The van der Waals surface area contributed by atoms with Gasteiger partial charge in [-0.25, -0.2) is 4.79 Å². The first-order valence-electron chi connectivity index (χ1n) is 4.94. The largest absolute Gasteiger partial charge is 0.465 e. The third-order valence-corrected chi connectivity index (χ3v) is 4.11. The number of nitrogen functional groups attached to an aromatic ring is 1. The molecular weight excluding hydrogens is 256 g/mol. The molecule has 0 saturated carbocycles. The molecule has 0 radical (unpaired) electrons. The molecule has 4 nitrogen and oxygen atoms in total. The summed E-state index contributed by atoms with van der Waals surface area (Å²) in [4.78, 5) is 13.0. The van der Waals surface area contributed by atoms with E-state index < -0.39 is 5.97 Å². The Balaban J connectivity index is 2.05. The molecule has 2 aromatic heterocycles. The second-order valence-electron chi connectivity index (χ2n) is 3.32. The van der Waals surface area contributed by atoms with Gasteiger partial charge in [-0.3, -0.25) is 0 Å². The molecular formula is C11H12N2O2S2. The summed E-state index contributed by atoms with van der Waals surface area (Å²) in [5, 5.41) is 6.13. The van der Waals surface area contributed by atoms with Gasteiger partial charge in [-0.1, -0.05) is 6.07 Å². The van der Waals surface area contributed by atoms with Gasteiger partial charge in [0.2, 0.25) is 0 Å². The zero-order valence-corrected chi connectivity index (χ0v) is 10.9. The molecule has 2 rings (SSSR count). The number of hydrogen-bond acceptors (Lipinski definition) is 6. The van der Waals surface area contributed by atoms with Crippen molar-refractivity contribution in [3.63, 3.8) is 0 Å². The highest BCUT2D eigenvalue weighted by Crippen LogP contribution is 2.30. The maximum Gasteiger partial charge on any atom is 0.350 e. The highest BCUT2D eigenvalue weighted by atomic mass is 32.1. The topological polar surface area (TPSA) is 64.3 Å². The lowest BCUT2D eigenvalue weighted by Gasteiger charge is -1.99. The van der Waals surface area contributed by atoms with Crippen molar-refractivity contribution in [1.29, 1.82) is 0 Å². The van der Waals surface area contributed by atoms with E-state index in [1.165, 1.54) is 23.3 Å². The summed E-state index contributed by atoms with van der Waals surface area (Å²) in [5.41, 5.74) is 6.19. The highest BCUT2D eigenvalue weighted by Gasteiger charge is 2.14. The summed E-state index contributed by atoms with van der Waals surface area (Å²) in [7, 11) is 1.35. The molecule has 0 aliphatic carbocycles. The van der Waals surface area contributed by atoms with Gasteiger partial charge in [0.15, 0.2) is 0 Å². The fraction of sp³-hybridized carbons (Fsp3) is 0.182. The number of carbonyl (C=O) groups excluding carboxylic acids is 1. The van der Waals surface area contributed by atoms with Gasteiger partial charge in [0.25, 0.3) is 0 Å². The smallest absolute Gasteiger partial charge is 0.350 e. The molecule has 6 heteroatoms. The van der Waals surface area contributed by atoms with E-state index >= 15 is 0 Å². The number of ether oxygens (including phenoxy) is 1. The number of esters is 1. The van der Waals surface area contributed by atoms with Crippen molar-refractivity contribution >= 4 is 39.3 Å². The predicted molar refractivity (Wildman–Crippen MR) is 71.7 cm³/mol. The molecule has 17 heavy (non-hydrogen) atoms. The fourth-order valence-corrected chi connectivity index (χ4v) is 2.87. The van der Waals surface area contributed by atoms with E-state index in [0.29, 0.717) is 10.6 Å². The number of thiophene rings is 2. The molecule has 0 aliphatic rings. The van der Waals surface area contributed by atoms with Gasteiger partial charge in [-0.15, -0.1) is 22.7 Å². The predicted octanol–water partition coefficient (Wildman–Crippen LogP) is 2.79. The molecule has 0 saturated heterocycles. The van der Waals surface area contributed by atoms with E-state index in [2.05, 4.69) is 16.1 Å². The highest BCUT2D eigenvalue weighted by molar-refractivity contribution is 7.18. The third-order valence-electron chi connectivity index (χ3n) is 2.15. The number of anilines is 2. The summed E-state index contributed by atoms with van der Waals surface area (Å²) in [6, 6.07) is 5.81. The van der Waals surface area contributed by atoms with Gasteiger partial charge in [-0.05, 0) is 17.5 Å². The van der Waals surface area contributed by atoms with E-state index in [9.17, 15) is 4.79 Å². The van der Waals surface area contributed by atoms with Crippen LogP contribution in [0.1, 0.15) is 14.5 Å². The Morgan fingerprint density at radius 2 is 2.41 bits per heavy atom. The molecule has 90 valence electrons. The van der Waals surface area contributed by atoms with Crippen molar-refractivity contribution < 1.29 is 9.53 Å². The summed E-state index contributed by atoms with van der Waals surface area (Å²) in [6.45, 7) is 0.734. The SMILES string of the molecule is COC(=O)c1sc(NCc2cccs2)cc1N. The minimum Gasteiger partial charge on any atom is -0.465 e. The molecule has 2 aromatic rings. The lowest BCUT2D eigenvalue weighted by molar-refractivity contribution is 0.0607. The Hall–Kier alpha value is -1.53. The molecule has 3 N–H and O–H groups in total. The molecule has 0 bridgehead atoms. The average Bonchev–Trinajstić information content (AvgIpc) is 2.94. The summed E-state index contributed by atoms with van der Waals surface area (Å²) >= 11 is 2.99. The Morgan fingerprint density at radius 3 is 3.06 bits per heavy atom. The van der Waals surface area contributed by atoms with Crippen LogP contribution >= 0.6 is 22.7 Å². The normalized spacial score (nSPS) is 10.2. The number of rotatable bonds is 4. The Bertz CT molecular complexity index is 506. The number of methoxy groups -OCH3 is 1. The van der Waals surface area contributed by atoms with Crippen LogP contribution in [0.3, 0.4) is 0 Å². The van der Waals surface area contributed by atoms with Crippen molar-refractivity contribution in [2.75, 3.05) is 18.2 Å². The van der Waals surface area contributed by atoms with E-state index in [1.54, 1.807) is 17.4 Å². The number of nitrogens with two attached hydrogens (primary N) is 1. The summed E-state index contributed by atoms with van der Waals surface area (Å²) in [5.74, 6) is -0.392. The molecule has 0 spiro atoms. The molecule has 2 heterocycles. The van der Waals surface area contributed by atoms with Crippen LogP contribution in [-0.4, -0.2) is 13.1 Å². The zero-order chi connectivity index (χ0) is 12.3. The maximum atomic E-state index is 11.4. The van der Waals surface area contributed by atoms with E-state index in [0.717, 1.165) is 11.5 Å². The van der Waals surface area contributed by atoms with Crippen LogP contribution in [0.15, 0.2) is 23.6 Å². The minimum atomic E-state index is -0.392. The van der Waals surface area contributed by atoms with Crippen LogP contribution in [0, 0.1) is 0 Å². The van der Waals surface area contributed by atoms with Gasteiger partial charge >= 0.3 is 5.97 Å². The number of hydrogen-bond donors (Lipinski definition) is 2. The summed E-state index contributed by atoms with van der Waals surface area (Å²) in [6.07, 6.45) is 0. The molecule has 0 amide bonds. The van der Waals surface area contributed by atoms with Crippen molar-refractivity contribution in [3.8, 4) is 0 Å². The van der Waals surface area contributed by atoms with Crippen LogP contribution in [0.5, 0.6) is 0 Å². The fourth-order valence-electron chi connectivity index (χ4n) is 1.33. The van der Waals surface area contributed by atoms with Gasteiger partial charge in [0.1, 0.15) is 4.88 Å². The quantitative estimate of drug-likeness (QED) is 0.837. The Kier molecular flexibility index (Phi) is 3.65. The monoisotopic (exact) mass is 268 g/mol. The minimum absolute atomic E-state index is 0.392. The average molecular weight is 268 g/mol. The van der Waals surface area contributed by atoms with E-state index in [-0.39, 0.29) is 0 Å². The van der Waals surface area contributed by atoms with Crippen LogP contribution in [-0.2, 0) is 11.3 Å².